The second-order valence-electron chi connectivity index (χ2n) is 9.58. The first kappa shape index (κ1) is 27.3. The Labute approximate surface area is 227 Å². The zero-order valence-corrected chi connectivity index (χ0v) is 23.5. The Morgan fingerprint density at radius 3 is 2.32 bits per heavy atom. The van der Waals surface area contributed by atoms with Gasteiger partial charge in [0.05, 0.1) is 11.4 Å². The summed E-state index contributed by atoms with van der Waals surface area (Å²) in [5.41, 5.74) is 0.845. The largest absolute Gasteiger partial charge is 0.352 e. The van der Waals surface area contributed by atoms with Gasteiger partial charge in [0.1, 0.15) is 6.04 Å². The Bertz CT molecular complexity index is 1370. The van der Waals surface area contributed by atoms with E-state index in [4.69, 9.17) is 0 Å². The molecular weight excluding hydrogens is 554 g/mol. The zero-order chi connectivity index (χ0) is 26.6. The van der Waals surface area contributed by atoms with Gasteiger partial charge in [-0.3, -0.25) is 9.59 Å². The second kappa shape index (κ2) is 11.8. The van der Waals surface area contributed by atoms with Gasteiger partial charge in [0.15, 0.2) is 0 Å². The van der Waals surface area contributed by atoms with E-state index in [2.05, 4.69) is 21.2 Å². The maximum Gasteiger partial charge on any atom is 0.243 e. The van der Waals surface area contributed by atoms with Crippen LogP contribution in [0.25, 0.3) is 10.8 Å². The number of nitrogens with one attached hydrogen (secondary N) is 1. The molecule has 3 aromatic rings. The smallest absolute Gasteiger partial charge is 0.243 e. The molecule has 1 saturated carbocycles. The first-order valence-corrected chi connectivity index (χ1v) is 14.7. The highest BCUT2D eigenvalue weighted by Gasteiger charge is 2.31. The Hall–Kier alpha value is -2.75. The summed E-state index contributed by atoms with van der Waals surface area (Å²) < 4.78 is 28.6. The Kier molecular flexibility index (Phi) is 8.67. The summed E-state index contributed by atoms with van der Waals surface area (Å²) in [4.78, 5) is 28.2. The number of nitrogens with zero attached hydrogens (tertiary/aromatic N) is 2. The molecule has 0 heterocycles. The number of sulfonamides is 1. The van der Waals surface area contributed by atoms with E-state index in [9.17, 15) is 18.0 Å². The van der Waals surface area contributed by atoms with Crippen LogP contribution in [0.15, 0.2) is 76.1 Å². The fourth-order valence-corrected chi connectivity index (χ4v) is 6.06. The van der Waals surface area contributed by atoms with Crippen molar-refractivity contribution in [2.24, 2.45) is 0 Å². The van der Waals surface area contributed by atoms with E-state index >= 15 is 0 Å². The van der Waals surface area contributed by atoms with Crippen LogP contribution < -0.4 is 5.32 Å². The van der Waals surface area contributed by atoms with Gasteiger partial charge in [-0.15, -0.1) is 0 Å². The van der Waals surface area contributed by atoms with Crippen LogP contribution in [0.4, 0.5) is 0 Å². The van der Waals surface area contributed by atoms with Gasteiger partial charge in [0.2, 0.25) is 21.8 Å². The highest BCUT2D eigenvalue weighted by molar-refractivity contribution is 9.10. The number of halogens is 1. The number of benzene rings is 3. The summed E-state index contributed by atoms with van der Waals surface area (Å²) in [6, 6.07) is 19.3. The van der Waals surface area contributed by atoms with Crippen LogP contribution >= 0.6 is 15.9 Å². The molecule has 3 aromatic carbocycles. The van der Waals surface area contributed by atoms with Gasteiger partial charge < -0.3 is 10.2 Å². The lowest BCUT2D eigenvalue weighted by atomic mass is 10.1. The van der Waals surface area contributed by atoms with Crippen molar-refractivity contribution in [2.75, 3.05) is 13.6 Å². The van der Waals surface area contributed by atoms with Crippen LogP contribution in [0.1, 0.15) is 38.2 Å². The number of rotatable bonds is 9. The maximum atomic E-state index is 13.5. The third-order valence-electron chi connectivity index (χ3n) is 6.92. The lowest BCUT2D eigenvalue weighted by Crippen LogP contribution is -2.52. The van der Waals surface area contributed by atoms with Gasteiger partial charge in [-0.2, -0.15) is 4.31 Å². The minimum atomic E-state index is -3.92. The normalized spacial score (nSPS) is 15.1. The van der Waals surface area contributed by atoms with E-state index in [0.717, 1.165) is 50.8 Å². The number of likely N-dealkylation sites (N-methyl/N-ethyl adjacent to an activating group) is 1. The average molecular weight is 587 g/mol. The molecule has 0 saturated heterocycles. The molecular formula is C28H32BrN3O4S. The van der Waals surface area contributed by atoms with Gasteiger partial charge in [-0.1, -0.05) is 71.2 Å². The average Bonchev–Trinajstić information content (AvgIpc) is 3.40. The van der Waals surface area contributed by atoms with Crippen molar-refractivity contribution in [2.45, 2.75) is 56.1 Å². The SMILES string of the molecule is C[C@@H](C(=O)NC1CCCC1)N(Cc1ccc(Br)cc1)C(=O)CN(C)S(=O)(=O)c1ccc2ccccc2c1. The minimum absolute atomic E-state index is 0.119. The molecule has 196 valence electrons. The van der Waals surface area contributed by atoms with E-state index in [-0.39, 0.29) is 29.9 Å². The summed E-state index contributed by atoms with van der Waals surface area (Å²) in [5, 5.41) is 4.80. The van der Waals surface area contributed by atoms with E-state index in [1.54, 1.807) is 25.1 Å². The molecule has 0 aliphatic heterocycles. The number of hydrogen-bond acceptors (Lipinski definition) is 4. The lowest BCUT2D eigenvalue weighted by Gasteiger charge is -2.31. The number of hydrogen-bond donors (Lipinski definition) is 1. The Morgan fingerprint density at radius 1 is 1.00 bits per heavy atom. The van der Waals surface area contributed by atoms with Gasteiger partial charge in [-0.05, 0) is 60.4 Å². The molecule has 0 aromatic heterocycles. The quantitative estimate of drug-likeness (QED) is 0.394. The second-order valence-corrected chi connectivity index (χ2v) is 12.5. The standard InChI is InChI=1S/C28H32BrN3O4S/c1-20(28(34)30-25-9-5-6-10-25)32(18-21-11-14-24(29)15-12-21)27(33)19-31(2)37(35,36)26-16-13-22-7-3-4-8-23(22)17-26/h3-4,7-8,11-17,20,25H,5-6,9-10,18-19H2,1-2H3,(H,30,34)/t20-/m0/s1. The fourth-order valence-electron chi connectivity index (χ4n) is 4.64. The summed E-state index contributed by atoms with van der Waals surface area (Å²) in [7, 11) is -2.53. The van der Waals surface area contributed by atoms with Crippen molar-refractivity contribution < 1.29 is 18.0 Å². The maximum absolute atomic E-state index is 13.5. The summed E-state index contributed by atoms with van der Waals surface area (Å²) in [6.45, 7) is 1.50. The topological polar surface area (TPSA) is 86.8 Å². The van der Waals surface area contributed by atoms with Crippen molar-refractivity contribution in [1.29, 1.82) is 0 Å². The molecule has 2 amide bonds. The molecule has 9 heteroatoms. The van der Waals surface area contributed by atoms with Crippen LogP contribution in [0.3, 0.4) is 0 Å². The summed E-state index contributed by atoms with van der Waals surface area (Å²) in [5.74, 6) is -0.666. The predicted molar refractivity (Wildman–Crippen MR) is 148 cm³/mol. The molecule has 1 fully saturated rings. The van der Waals surface area contributed by atoms with Gasteiger partial charge in [-0.25, -0.2) is 8.42 Å². The molecule has 7 nitrogen and oxygen atoms in total. The van der Waals surface area contributed by atoms with Crippen molar-refractivity contribution in [3.8, 4) is 0 Å². The van der Waals surface area contributed by atoms with Crippen LogP contribution in [0.5, 0.6) is 0 Å². The number of carbonyl (C=O) groups excluding carboxylic acids is 2. The predicted octanol–water partition coefficient (Wildman–Crippen LogP) is 4.70. The molecule has 4 rings (SSSR count). The summed E-state index contributed by atoms with van der Waals surface area (Å²) in [6.07, 6.45) is 4.04. The van der Waals surface area contributed by atoms with Crippen molar-refractivity contribution in [1.82, 2.24) is 14.5 Å². The third kappa shape index (κ3) is 6.58. The molecule has 0 bridgehead atoms. The number of fused-ring (bicyclic) bond motifs is 1. The number of carbonyl (C=O) groups is 2. The lowest BCUT2D eigenvalue weighted by molar-refractivity contribution is -0.140. The molecule has 0 unspecified atom stereocenters. The van der Waals surface area contributed by atoms with Gasteiger partial charge in [0, 0.05) is 24.1 Å². The minimum Gasteiger partial charge on any atom is -0.352 e. The Balaban J connectivity index is 1.54. The van der Waals surface area contributed by atoms with E-state index in [1.165, 1.54) is 11.9 Å². The molecule has 0 radical (unpaired) electrons. The van der Waals surface area contributed by atoms with Crippen LogP contribution in [-0.4, -0.2) is 55.1 Å². The van der Waals surface area contributed by atoms with Gasteiger partial charge >= 0.3 is 0 Å². The van der Waals surface area contributed by atoms with Crippen LogP contribution in [0, 0.1) is 0 Å². The van der Waals surface area contributed by atoms with Crippen molar-refractivity contribution in [3.63, 3.8) is 0 Å². The molecule has 1 N–H and O–H groups in total. The first-order valence-electron chi connectivity index (χ1n) is 12.4. The highest BCUT2D eigenvalue weighted by atomic mass is 79.9. The molecule has 1 atom stereocenters. The van der Waals surface area contributed by atoms with Crippen LogP contribution in [0.2, 0.25) is 0 Å². The molecule has 1 aliphatic carbocycles. The Morgan fingerprint density at radius 2 is 1.65 bits per heavy atom. The van der Waals surface area contributed by atoms with E-state index in [0.29, 0.717) is 0 Å². The monoisotopic (exact) mass is 585 g/mol. The molecule has 37 heavy (non-hydrogen) atoms. The van der Waals surface area contributed by atoms with E-state index in [1.807, 2.05) is 48.5 Å². The third-order valence-corrected chi connectivity index (χ3v) is 9.25. The first-order chi connectivity index (χ1) is 17.6. The van der Waals surface area contributed by atoms with Crippen molar-refractivity contribution in [3.05, 3.63) is 76.8 Å². The molecule has 0 spiro atoms. The number of amides is 2. The molecule has 1 aliphatic rings. The highest BCUT2D eigenvalue weighted by Crippen LogP contribution is 2.22. The fraction of sp³-hybridized carbons (Fsp3) is 0.357. The van der Waals surface area contributed by atoms with E-state index < -0.39 is 22.0 Å². The van der Waals surface area contributed by atoms with Crippen LogP contribution in [-0.2, 0) is 26.2 Å². The van der Waals surface area contributed by atoms with Crippen molar-refractivity contribution >= 4 is 48.5 Å². The van der Waals surface area contributed by atoms with Gasteiger partial charge in [0.25, 0.3) is 0 Å². The zero-order valence-electron chi connectivity index (χ0n) is 21.1. The summed E-state index contributed by atoms with van der Waals surface area (Å²) >= 11 is 3.42.